The number of aromatic hydroxyl groups is 1. The summed E-state index contributed by atoms with van der Waals surface area (Å²) in [6.45, 7) is 3.90. The highest BCUT2D eigenvalue weighted by Gasteiger charge is 2.42. The second kappa shape index (κ2) is 47.8. The van der Waals surface area contributed by atoms with Crippen LogP contribution in [0.2, 0.25) is 0 Å². The molecule has 1 aliphatic carbocycles. The number of ether oxygens (including phenoxy) is 2. The normalized spacial score (nSPS) is 13.0. The average Bonchev–Trinajstić information content (AvgIpc) is 1.51. The van der Waals surface area contributed by atoms with Crippen molar-refractivity contribution in [3.8, 4) is 28.2 Å². The molecule has 11 amide bonds. The number of carboxylic acids is 2. The van der Waals surface area contributed by atoms with Crippen molar-refractivity contribution in [3.63, 3.8) is 0 Å². The molecule has 13 N–H and O–H groups in total. The monoisotopic (exact) mass is 1680 g/mol. The summed E-state index contributed by atoms with van der Waals surface area (Å²) in [6.07, 6.45) is 1.44. The molecule has 0 radical (unpaired) electrons. The lowest BCUT2D eigenvalue weighted by Gasteiger charge is -2.32. The van der Waals surface area contributed by atoms with Crippen molar-refractivity contribution in [2.75, 3.05) is 155 Å². The van der Waals surface area contributed by atoms with Crippen LogP contribution in [-0.4, -0.2) is 294 Å². The minimum Gasteiger partial charge on any atom is -0.508 e. The molecule has 2 heterocycles. The van der Waals surface area contributed by atoms with E-state index in [4.69, 9.17) is 36.8 Å². The number of primary amides is 1. The molecule has 0 bridgehead atoms. The number of benzene rings is 4. The summed E-state index contributed by atoms with van der Waals surface area (Å²) >= 11 is 4.26. The van der Waals surface area contributed by atoms with Gasteiger partial charge in [-0.25, -0.2) is 9.69 Å². The van der Waals surface area contributed by atoms with E-state index >= 15 is 4.79 Å². The van der Waals surface area contributed by atoms with Crippen molar-refractivity contribution >= 4 is 121 Å². The minimum absolute atomic E-state index is 0.0562. The Kier molecular flexibility index (Phi) is 39.0. The van der Waals surface area contributed by atoms with Crippen LogP contribution in [0.4, 0.5) is 5.69 Å². The maximum absolute atomic E-state index is 15.1. The third kappa shape index (κ3) is 30.0. The van der Waals surface area contributed by atoms with Crippen molar-refractivity contribution in [2.45, 2.75) is 109 Å². The molecule has 36 heteroatoms. The van der Waals surface area contributed by atoms with Crippen LogP contribution in [-0.2, 0) is 73.4 Å². The molecule has 3 aliphatic rings. The number of carbonyl (C=O) groups excluding carboxylic acids is 11. The van der Waals surface area contributed by atoms with E-state index < -0.39 is 153 Å². The number of phenols is 1. The van der Waals surface area contributed by atoms with Crippen molar-refractivity contribution in [3.05, 3.63) is 105 Å². The Labute approximate surface area is 680 Å². The first-order chi connectivity index (χ1) is 54.9. The van der Waals surface area contributed by atoms with Crippen LogP contribution in [0.1, 0.15) is 101 Å². The zero-order valence-corrected chi connectivity index (χ0v) is 68.3. The number of nitrogens with zero attached hydrogens (tertiary/aromatic N) is 8. The Morgan fingerprint density at radius 1 is 0.617 bits per heavy atom. The number of thioether (sulfide) groups is 1. The van der Waals surface area contributed by atoms with Gasteiger partial charge in [0.25, 0.3) is 0 Å². The maximum Gasteiger partial charge on any atom is 0.336 e. The van der Waals surface area contributed by atoms with Crippen LogP contribution in [0.3, 0.4) is 0 Å². The van der Waals surface area contributed by atoms with E-state index in [-0.39, 0.29) is 155 Å². The van der Waals surface area contributed by atoms with Gasteiger partial charge in [-0.3, -0.25) is 62.3 Å². The molecule has 3 aromatic carbocycles. The van der Waals surface area contributed by atoms with E-state index in [1.54, 1.807) is 38.1 Å². The standard InChI is InChI=1S/C79H109BrN14O20S/c1-51(2)22-33-91(72(103)44-88(30-9-27-83)68(99)42-85-28-8-26-82)49-74(105)93(35-24-75(106)107)48-71(102)90(32-11-37-113-52(3)4)45-70(101)89(31-10-36-112-5)46-73(104)92(34-23-53-12-14-54(80)15-13-53)47-69(100)87(29-7-6-25-81)43-66(97)86-62(77(84)108)50-115-65-41-67(98)94(78(65)109)55-16-19-58(61(38-55)79(110)111)76-59-20-17-56(95)39-63(59)114-64-40-57(96)18-21-60(64)76/h12-21,38-40,51-52,62,65,85,95H,6-11,22-37,41-50,81-83H2,1-5H3,(H2,84,108)(H,86,97)(H,106,107)(H,110,111)/t62-,65?/m0/s1. The molecule has 628 valence electrons. The largest absolute Gasteiger partial charge is 0.508 e. The number of phenolic OH excluding ortho intramolecular Hbond substituents is 1. The number of fused-ring (bicyclic) bond motifs is 2. The SMILES string of the molecule is COCCCN(CC(=O)N(CCc1ccc(Br)cc1)CC(=O)N(CCCCN)CC(=O)N[C@@H](CSC1CC(=O)N(c2ccc(-c3c4ccc(=O)cc-4oc4cc(O)ccc34)c(C(=O)O)c2)C1=O)C(N)=O)C(=O)CN(CCCOC(C)C)C(=O)CN(CCC(=O)O)C(=O)CN(CCC(C)C)C(=O)CN(CCCN)C(=O)CNCCCN. The molecule has 34 nitrogen and oxygen atoms in total. The second-order valence-corrected chi connectivity index (χ2v) is 30.6. The summed E-state index contributed by atoms with van der Waals surface area (Å²) in [5.41, 5.74) is 24.0. The number of nitrogens with one attached hydrogen (secondary N) is 2. The molecule has 1 unspecified atom stereocenters. The zero-order chi connectivity index (χ0) is 84.4. The molecule has 0 aromatic heterocycles. The van der Waals surface area contributed by atoms with Gasteiger partial charge in [0.15, 0.2) is 5.43 Å². The summed E-state index contributed by atoms with van der Waals surface area (Å²) in [4.78, 5) is 204. The van der Waals surface area contributed by atoms with Crippen molar-refractivity contribution in [1.82, 2.24) is 44.9 Å². The van der Waals surface area contributed by atoms with Crippen LogP contribution in [0.15, 0.2) is 92.5 Å². The molecule has 6 rings (SSSR count). The van der Waals surface area contributed by atoms with E-state index in [0.29, 0.717) is 55.3 Å². The smallest absolute Gasteiger partial charge is 0.336 e. The topological polar surface area (TPSA) is 485 Å². The Hall–Kier alpha value is -9.95. The molecule has 0 saturated carbocycles. The maximum atomic E-state index is 15.1. The number of amides is 11. The summed E-state index contributed by atoms with van der Waals surface area (Å²) < 4.78 is 17.8. The summed E-state index contributed by atoms with van der Waals surface area (Å²) in [5, 5.41) is 35.6. The number of unbranched alkanes of at least 4 members (excludes halogenated alkanes) is 1. The number of methoxy groups -OCH3 is 1. The zero-order valence-electron chi connectivity index (χ0n) is 65.9. The number of carbonyl (C=O) groups is 13. The first-order valence-corrected chi connectivity index (χ1v) is 40.2. The number of hydrogen-bond acceptors (Lipinski definition) is 23. The first-order valence-electron chi connectivity index (χ1n) is 38.3. The van der Waals surface area contributed by atoms with Crippen LogP contribution >= 0.6 is 27.7 Å². The number of rotatable bonds is 52. The first kappa shape index (κ1) is 93.9. The number of nitrogens with two attached hydrogens (primary N) is 4. The number of aromatic carboxylic acids is 1. The van der Waals surface area contributed by atoms with Crippen LogP contribution < -0.4 is 43.9 Å². The predicted molar refractivity (Wildman–Crippen MR) is 434 cm³/mol. The molecule has 0 spiro atoms. The summed E-state index contributed by atoms with van der Waals surface area (Å²) in [5.74, 6) is -11.2. The highest BCUT2D eigenvalue weighted by molar-refractivity contribution is 9.10. The quantitative estimate of drug-likeness (QED) is 0.0153. The van der Waals surface area contributed by atoms with E-state index in [9.17, 15) is 77.6 Å². The molecular formula is C79H109BrN14O20S. The lowest BCUT2D eigenvalue weighted by molar-refractivity contribution is -0.149. The third-order valence-corrected chi connectivity index (χ3v) is 20.6. The lowest BCUT2D eigenvalue weighted by Crippen LogP contribution is -2.53. The van der Waals surface area contributed by atoms with Crippen LogP contribution in [0, 0.1) is 5.92 Å². The molecule has 1 fully saturated rings. The lowest BCUT2D eigenvalue weighted by atomic mass is 9.90. The van der Waals surface area contributed by atoms with Gasteiger partial charge in [0, 0.05) is 111 Å². The van der Waals surface area contributed by atoms with Crippen molar-refractivity contribution < 1.29 is 91.5 Å². The highest BCUT2D eigenvalue weighted by Crippen LogP contribution is 2.43. The van der Waals surface area contributed by atoms with E-state index in [1.165, 1.54) is 85.0 Å². The molecule has 3 aromatic rings. The fourth-order valence-corrected chi connectivity index (χ4v) is 13.9. The predicted octanol–water partition coefficient (Wildman–Crippen LogP) is 2.51. The Balaban J connectivity index is 1.21. The highest BCUT2D eigenvalue weighted by atomic mass is 79.9. The van der Waals surface area contributed by atoms with Gasteiger partial charge < -0.3 is 97.1 Å². The van der Waals surface area contributed by atoms with E-state index in [2.05, 4.69) is 26.6 Å². The molecule has 2 aliphatic heterocycles. The Morgan fingerprint density at radius 3 is 1.73 bits per heavy atom. The Morgan fingerprint density at radius 2 is 1.17 bits per heavy atom. The number of imide groups is 1. The van der Waals surface area contributed by atoms with Gasteiger partial charge in [-0.1, -0.05) is 48.0 Å². The van der Waals surface area contributed by atoms with Crippen molar-refractivity contribution in [1.29, 1.82) is 0 Å². The molecule has 1 saturated heterocycles. The Bertz CT molecular complexity index is 4210. The third-order valence-electron chi connectivity index (χ3n) is 18.7. The van der Waals surface area contributed by atoms with E-state index in [1.807, 2.05) is 13.8 Å². The number of halogens is 1. The fraction of sp³-hybridized carbons (Fsp3) is 0.519. The number of aliphatic carboxylic acids is 1. The van der Waals surface area contributed by atoms with Gasteiger partial charge in [-0.05, 0) is 157 Å². The van der Waals surface area contributed by atoms with Gasteiger partial charge in [-0.2, -0.15) is 0 Å². The van der Waals surface area contributed by atoms with Crippen LogP contribution in [0.25, 0.3) is 33.4 Å². The van der Waals surface area contributed by atoms with Gasteiger partial charge >= 0.3 is 11.9 Å². The average molecular weight is 1690 g/mol. The van der Waals surface area contributed by atoms with Crippen molar-refractivity contribution in [2.24, 2.45) is 28.9 Å². The van der Waals surface area contributed by atoms with Gasteiger partial charge in [0.2, 0.25) is 65.0 Å². The van der Waals surface area contributed by atoms with Gasteiger partial charge in [0.05, 0.1) is 81.4 Å². The number of carboxylic acid groups (broad SMARTS) is 2. The van der Waals surface area contributed by atoms with Crippen LogP contribution in [0.5, 0.6) is 5.75 Å². The number of hydrogen-bond donors (Lipinski definition) is 9. The minimum atomic E-state index is -1.49. The fourth-order valence-electron chi connectivity index (χ4n) is 12.5. The van der Waals surface area contributed by atoms with Gasteiger partial charge in [0.1, 0.15) is 23.1 Å². The van der Waals surface area contributed by atoms with E-state index in [0.717, 1.165) is 37.7 Å². The van der Waals surface area contributed by atoms with Gasteiger partial charge in [-0.15, -0.1) is 11.8 Å². The molecule has 2 atom stereocenters. The summed E-state index contributed by atoms with van der Waals surface area (Å²) in [6, 6.07) is 17.8. The summed E-state index contributed by atoms with van der Waals surface area (Å²) in [7, 11) is 1.44. The molecule has 115 heavy (non-hydrogen) atoms. The second-order valence-electron chi connectivity index (χ2n) is 28.5. The number of anilines is 1. The molecular weight excluding hydrogens is 1580 g/mol.